The maximum atomic E-state index is 13.3. The Kier molecular flexibility index (Phi) is 9.99. The van der Waals surface area contributed by atoms with E-state index >= 15 is 0 Å². The van der Waals surface area contributed by atoms with E-state index in [1.807, 2.05) is 0 Å². The number of aryl methyl sites for hydroxylation is 2. The van der Waals surface area contributed by atoms with Gasteiger partial charge in [-0.1, -0.05) is 11.6 Å². The number of sulfonamides is 1. The average molecular weight is 715 g/mol. The fraction of sp³-hybridized carbons (Fsp3) is 0.469. The van der Waals surface area contributed by atoms with Gasteiger partial charge in [-0.05, 0) is 92.6 Å². The summed E-state index contributed by atoms with van der Waals surface area (Å²) in [6.45, 7) is 1.65. The number of aliphatic hydroxyl groups is 1. The summed E-state index contributed by atoms with van der Waals surface area (Å²) >= 11 is 6.11. The molecular formula is C32H35ClF4N4O6S. The van der Waals surface area contributed by atoms with Crippen molar-refractivity contribution in [3.63, 3.8) is 0 Å². The largest absolute Gasteiger partial charge is 0.483 e. The number of amides is 2. The number of carbonyl (C=O) groups excluding carboxylic acids is 2. The number of likely N-dealkylation sites (tertiary alicyclic amines) is 1. The van der Waals surface area contributed by atoms with Crippen molar-refractivity contribution < 1.29 is 45.4 Å². The zero-order valence-electron chi connectivity index (χ0n) is 26.2. The summed E-state index contributed by atoms with van der Waals surface area (Å²) in [5.74, 6) is -0.659. The molecule has 3 aliphatic rings. The van der Waals surface area contributed by atoms with Crippen LogP contribution in [0.1, 0.15) is 58.3 Å². The summed E-state index contributed by atoms with van der Waals surface area (Å²) in [7, 11) is -3.90. The van der Waals surface area contributed by atoms with Gasteiger partial charge in [0.1, 0.15) is 23.8 Å². The maximum Gasteiger partial charge on any atom is 0.422 e. The Morgan fingerprint density at radius 2 is 1.71 bits per heavy atom. The van der Waals surface area contributed by atoms with Crippen LogP contribution in [0.15, 0.2) is 40.7 Å². The number of rotatable bonds is 8. The van der Waals surface area contributed by atoms with Gasteiger partial charge >= 0.3 is 6.18 Å². The zero-order chi connectivity index (χ0) is 35.1. The Hall–Kier alpha value is -3.53. The third kappa shape index (κ3) is 7.69. The second kappa shape index (κ2) is 13.4. The highest BCUT2D eigenvalue weighted by atomic mass is 35.5. The first-order valence-electron chi connectivity index (χ1n) is 15.2. The molecule has 0 unspecified atom stereocenters. The van der Waals surface area contributed by atoms with Crippen LogP contribution in [-0.2, 0) is 14.8 Å². The minimum absolute atomic E-state index is 0.0145. The molecule has 2 saturated heterocycles. The molecule has 2 fully saturated rings. The topological polar surface area (TPSA) is 129 Å². The van der Waals surface area contributed by atoms with Gasteiger partial charge in [0, 0.05) is 42.7 Å². The quantitative estimate of drug-likeness (QED) is 0.387. The number of nitrogens with zero attached hydrogens (tertiary/aromatic N) is 3. The van der Waals surface area contributed by atoms with Gasteiger partial charge in [-0.2, -0.15) is 17.5 Å². The molecule has 0 radical (unpaired) electrons. The van der Waals surface area contributed by atoms with Gasteiger partial charge in [-0.3, -0.25) is 14.6 Å². The first-order chi connectivity index (χ1) is 22.4. The molecule has 3 heterocycles. The number of piperidine rings is 2. The van der Waals surface area contributed by atoms with Crippen molar-refractivity contribution in [2.45, 2.75) is 56.8 Å². The lowest BCUT2D eigenvalue weighted by molar-refractivity contribution is -0.153. The second-order valence-electron chi connectivity index (χ2n) is 12.4. The highest BCUT2D eigenvalue weighted by molar-refractivity contribution is 7.92. The number of amidine groups is 1. The van der Waals surface area contributed by atoms with Crippen LogP contribution in [0, 0.1) is 13.8 Å². The average Bonchev–Trinajstić information content (AvgIpc) is 3.34. The van der Waals surface area contributed by atoms with Crippen LogP contribution in [-0.4, -0.2) is 97.2 Å². The molecule has 10 nitrogen and oxygen atoms in total. The van der Waals surface area contributed by atoms with Gasteiger partial charge in [-0.25, -0.2) is 12.8 Å². The lowest BCUT2D eigenvalue weighted by Gasteiger charge is -2.36. The summed E-state index contributed by atoms with van der Waals surface area (Å²) in [5, 5.41) is 13.8. The molecule has 2 aromatic rings. The summed E-state index contributed by atoms with van der Waals surface area (Å²) in [6, 6.07) is 7.36. The number of nitrogens with one attached hydrogen (secondary N) is 1. The van der Waals surface area contributed by atoms with Gasteiger partial charge in [0.15, 0.2) is 6.61 Å². The summed E-state index contributed by atoms with van der Waals surface area (Å²) in [5.41, 5.74) is 0.167. The van der Waals surface area contributed by atoms with E-state index in [9.17, 15) is 40.7 Å². The third-order valence-corrected chi connectivity index (χ3v) is 10.8. The van der Waals surface area contributed by atoms with Gasteiger partial charge in [0.05, 0.1) is 10.6 Å². The van der Waals surface area contributed by atoms with Crippen LogP contribution >= 0.6 is 11.6 Å². The van der Waals surface area contributed by atoms with Crippen molar-refractivity contribution >= 4 is 45.4 Å². The molecule has 2 amide bonds. The number of aliphatic imine (C=N–C) groups is 1. The smallest absolute Gasteiger partial charge is 0.422 e. The number of alkyl halides is 4. The van der Waals surface area contributed by atoms with Gasteiger partial charge < -0.3 is 20.1 Å². The highest BCUT2D eigenvalue weighted by Gasteiger charge is 2.47. The van der Waals surface area contributed by atoms with E-state index in [0.717, 1.165) is 5.41 Å². The second-order valence-corrected chi connectivity index (χ2v) is 14.6. The number of hydrogen-bond donors (Lipinski definition) is 2. The molecule has 2 aromatic carbocycles. The Balaban J connectivity index is 1.23. The molecule has 2 N–H and O–H groups in total. The molecule has 0 aromatic heterocycles. The standard InChI is InChI=1S/C32H35ClF4N4O6S/c1-20-15-23(28(42)40-10-6-30(44,18-34)7-11-40)16-21(2)24(20)5-14-48(45,46)41-12-8-31(9-13-41)29(43)38-27(39-31)22-3-4-26(25(33)17-22)47-19-32(35,36)37/h3-5,14-17,44H,6-13,18-19H2,1-2H3,(H,38,39,43). The van der Waals surface area contributed by atoms with Crippen LogP contribution in [0.25, 0.3) is 6.08 Å². The van der Waals surface area contributed by atoms with E-state index in [1.54, 1.807) is 30.9 Å². The normalized spacial score (nSPS) is 19.9. The van der Waals surface area contributed by atoms with Crippen LogP contribution in [0.3, 0.4) is 0 Å². The van der Waals surface area contributed by atoms with Crippen molar-refractivity contribution in [3.05, 3.63) is 68.6 Å². The predicted octanol–water partition coefficient (Wildman–Crippen LogP) is 4.55. The van der Waals surface area contributed by atoms with Crippen molar-refractivity contribution in [2.24, 2.45) is 4.99 Å². The van der Waals surface area contributed by atoms with E-state index in [4.69, 9.17) is 16.3 Å². The molecule has 0 saturated carbocycles. The van der Waals surface area contributed by atoms with Crippen LogP contribution < -0.4 is 10.1 Å². The van der Waals surface area contributed by atoms with Crippen molar-refractivity contribution in [1.82, 2.24) is 14.5 Å². The summed E-state index contributed by atoms with van der Waals surface area (Å²) in [4.78, 5) is 32.3. The molecule has 3 aliphatic heterocycles. The minimum atomic E-state index is -4.54. The van der Waals surface area contributed by atoms with E-state index in [-0.39, 0.29) is 74.4 Å². The van der Waals surface area contributed by atoms with Crippen LogP contribution in [0.4, 0.5) is 17.6 Å². The Morgan fingerprint density at radius 1 is 1.08 bits per heavy atom. The molecule has 260 valence electrons. The Morgan fingerprint density at radius 3 is 2.27 bits per heavy atom. The number of ether oxygens (including phenoxy) is 1. The SMILES string of the molecule is Cc1cc(C(=O)N2CCC(O)(CF)CC2)cc(C)c1C=CS(=O)(=O)N1CCC2(CC1)N=C(c1ccc(OCC(F)(F)F)c(Cl)c1)NC2=O. The van der Waals surface area contributed by atoms with Gasteiger partial charge in [0.2, 0.25) is 10.0 Å². The van der Waals surface area contributed by atoms with Gasteiger partial charge in [0.25, 0.3) is 11.8 Å². The Labute approximate surface area is 280 Å². The fourth-order valence-corrected chi connectivity index (χ4v) is 7.48. The zero-order valence-corrected chi connectivity index (χ0v) is 27.8. The monoisotopic (exact) mass is 714 g/mol. The number of hydrogen-bond acceptors (Lipinski definition) is 7. The van der Waals surface area contributed by atoms with E-state index < -0.39 is 46.5 Å². The van der Waals surface area contributed by atoms with Gasteiger partial charge in [-0.15, -0.1) is 0 Å². The molecule has 0 atom stereocenters. The number of halogens is 5. The minimum Gasteiger partial charge on any atom is -0.483 e. The summed E-state index contributed by atoms with van der Waals surface area (Å²) < 4.78 is 83.2. The number of carbonyl (C=O) groups is 2. The van der Waals surface area contributed by atoms with Crippen molar-refractivity contribution in [1.29, 1.82) is 0 Å². The van der Waals surface area contributed by atoms with E-state index in [1.165, 1.54) is 28.6 Å². The van der Waals surface area contributed by atoms with Crippen LogP contribution in [0.2, 0.25) is 5.02 Å². The van der Waals surface area contributed by atoms with E-state index in [0.29, 0.717) is 27.8 Å². The number of benzene rings is 2. The van der Waals surface area contributed by atoms with Crippen molar-refractivity contribution in [3.8, 4) is 5.75 Å². The molecule has 1 spiro atoms. The highest BCUT2D eigenvalue weighted by Crippen LogP contribution is 2.34. The summed E-state index contributed by atoms with van der Waals surface area (Å²) in [6.07, 6.45) is -2.56. The molecule has 5 rings (SSSR count). The lowest BCUT2D eigenvalue weighted by atomic mass is 9.89. The first-order valence-corrected chi connectivity index (χ1v) is 17.1. The first kappa shape index (κ1) is 35.8. The fourth-order valence-electron chi connectivity index (χ4n) is 6.07. The maximum absolute atomic E-state index is 13.3. The predicted molar refractivity (Wildman–Crippen MR) is 171 cm³/mol. The van der Waals surface area contributed by atoms with E-state index in [2.05, 4.69) is 10.3 Å². The molecule has 48 heavy (non-hydrogen) atoms. The molecule has 0 aliphatic carbocycles. The lowest BCUT2D eigenvalue weighted by Crippen LogP contribution is -2.50. The van der Waals surface area contributed by atoms with Crippen LogP contribution in [0.5, 0.6) is 5.75 Å². The molecular weight excluding hydrogens is 680 g/mol. The molecule has 16 heteroatoms. The molecule has 0 bridgehead atoms. The Bertz CT molecular complexity index is 1740. The third-order valence-electron chi connectivity index (χ3n) is 8.96. The van der Waals surface area contributed by atoms with Crippen molar-refractivity contribution in [2.75, 3.05) is 39.5 Å².